The minimum atomic E-state index is 0. The Morgan fingerprint density at radius 3 is 0.667 bits per heavy atom. The second-order valence-corrected chi connectivity index (χ2v) is 0. The Morgan fingerprint density at radius 1 is 0.667 bits per heavy atom. The molecule has 0 saturated heterocycles. The van der Waals surface area contributed by atoms with Gasteiger partial charge in [-0.15, -0.1) is 0 Å². The van der Waals surface area contributed by atoms with Crippen molar-refractivity contribution >= 4 is 0 Å². The van der Waals surface area contributed by atoms with Crippen molar-refractivity contribution in [2.24, 2.45) is 0 Å². The van der Waals surface area contributed by atoms with E-state index in [1.54, 1.807) is 0 Å². The molecule has 0 aliphatic rings. The fourth-order valence-corrected chi connectivity index (χ4v) is 0. The van der Waals surface area contributed by atoms with Gasteiger partial charge in [-0.1, -0.05) is 0 Å². The van der Waals surface area contributed by atoms with Crippen LogP contribution in [-0.4, -0.2) is 21.9 Å². The Morgan fingerprint density at radius 2 is 0.667 bits per heavy atom. The Bertz CT molecular complexity index is 7.51. The van der Waals surface area contributed by atoms with Crippen molar-refractivity contribution in [3.63, 3.8) is 0 Å². The van der Waals surface area contributed by atoms with E-state index in [0.29, 0.717) is 0 Å². The van der Waals surface area contributed by atoms with Gasteiger partial charge in [0, 0.05) is 21.1 Å². The topological polar surface area (TPSA) is 123 Å². The average molecular weight is 313 g/mol. The third-order valence-electron chi connectivity index (χ3n) is 0. The van der Waals surface area contributed by atoms with E-state index in [9.17, 15) is 0 Å². The van der Waals surface area contributed by atoms with Crippen molar-refractivity contribution in [3.05, 3.63) is 0 Å². The van der Waals surface area contributed by atoms with Crippen molar-refractivity contribution in [1.29, 1.82) is 0 Å². The molecular formula is H6CoO4W. The molecule has 0 amide bonds. The van der Waals surface area contributed by atoms with E-state index in [2.05, 4.69) is 0 Å². The molecule has 0 aliphatic heterocycles. The van der Waals surface area contributed by atoms with Gasteiger partial charge in [0.1, 0.15) is 0 Å². The predicted molar refractivity (Wildman–Crippen MR) is 11.1 cm³/mol. The molecule has 45 valence electrons. The van der Waals surface area contributed by atoms with E-state index < -0.39 is 0 Å². The summed E-state index contributed by atoms with van der Waals surface area (Å²) in [5.41, 5.74) is 0. The van der Waals surface area contributed by atoms with Crippen molar-refractivity contribution in [2.45, 2.75) is 0 Å². The zero-order valence-corrected chi connectivity index (χ0v) is 6.61. The summed E-state index contributed by atoms with van der Waals surface area (Å²) >= 11 is 0. The Kier molecular flexibility index (Phi) is 5700. The molecular weight excluding hydrogens is 307 g/mol. The van der Waals surface area contributed by atoms with Gasteiger partial charge in [0.15, 0.2) is 0 Å². The molecule has 0 fully saturated rings. The molecule has 0 aliphatic carbocycles. The Labute approximate surface area is 60.0 Å². The van der Waals surface area contributed by atoms with Crippen molar-refractivity contribution in [2.75, 3.05) is 0 Å². The van der Waals surface area contributed by atoms with Crippen LogP contribution in [0.3, 0.4) is 0 Å². The summed E-state index contributed by atoms with van der Waals surface area (Å²) < 4.78 is 0. The first-order valence-electron chi connectivity index (χ1n) is 0. The second-order valence-electron chi connectivity index (χ2n) is 0. The largest absolute Gasteiger partial charge is 2.00 e. The third kappa shape index (κ3) is 76.5. The molecule has 0 heterocycles. The van der Waals surface area contributed by atoms with Gasteiger partial charge in [-0.25, -0.2) is 0 Å². The van der Waals surface area contributed by atoms with E-state index in [0.717, 1.165) is 0 Å². The second kappa shape index (κ2) is 143. The smallest absolute Gasteiger partial charge is 0.870 e. The van der Waals surface area contributed by atoms with Gasteiger partial charge < -0.3 is 21.9 Å². The maximum Gasteiger partial charge on any atom is 2.00 e. The molecule has 0 atom stereocenters. The van der Waals surface area contributed by atoms with Crippen LogP contribution in [0.1, 0.15) is 0 Å². The first-order chi connectivity index (χ1) is 0. The van der Waals surface area contributed by atoms with Gasteiger partial charge in [0.2, 0.25) is 0 Å². The van der Waals surface area contributed by atoms with Gasteiger partial charge in [0.05, 0.1) is 0 Å². The standard InChI is InChI=1S/Co.4H2O.W/h;4*1H2;/q+2;;;;;/p-2. The normalized spacial score (nSPS) is 0. The first kappa shape index (κ1) is 239. The van der Waals surface area contributed by atoms with Crippen LogP contribution in [-0.2, 0) is 37.8 Å². The van der Waals surface area contributed by atoms with E-state index in [1.165, 1.54) is 0 Å². The molecule has 1 radical (unpaired) electrons. The summed E-state index contributed by atoms with van der Waals surface area (Å²) in [6.07, 6.45) is 0. The van der Waals surface area contributed by atoms with Gasteiger partial charge in [0.25, 0.3) is 0 Å². The molecule has 4 nitrogen and oxygen atoms in total. The fraction of sp³-hybridized carbons (Fsp3) is 0. The molecule has 0 aromatic heterocycles. The Hall–Kier alpha value is 1.03. The number of hydrogen-bond acceptors (Lipinski definition) is 2. The van der Waals surface area contributed by atoms with Crippen LogP contribution in [0.4, 0.5) is 0 Å². The third-order valence-corrected chi connectivity index (χ3v) is 0. The molecule has 6 heteroatoms. The average Bonchev–Trinajstić information content (AvgIpc) is 0. The molecule has 6 N–H and O–H groups in total. The van der Waals surface area contributed by atoms with Crippen molar-refractivity contribution in [3.8, 4) is 0 Å². The van der Waals surface area contributed by atoms with E-state index >= 15 is 0 Å². The van der Waals surface area contributed by atoms with Crippen LogP contribution in [0.5, 0.6) is 0 Å². The SMILES string of the molecule is O.O.[Co+2].[OH-].[OH-].[W]. The maximum atomic E-state index is 0. The molecule has 0 spiro atoms. The summed E-state index contributed by atoms with van der Waals surface area (Å²) in [6.45, 7) is 0. The minimum absolute atomic E-state index is 0. The molecule has 0 unspecified atom stereocenters. The van der Waals surface area contributed by atoms with Crippen LogP contribution in [0.25, 0.3) is 0 Å². The van der Waals surface area contributed by atoms with Crippen molar-refractivity contribution < 1.29 is 59.7 Å². The Balaban J connectivity index is 0. The number of rotatable bonds is 0. The van der Waals surface area contributed by atoms with Gasteiger partial charge in [-0.3, -0.25) is 0 Å². The quantitative estimate of drug-likeness (QED) is 0.513. The van der Waals surface area contributed by atoms with Crippen LogP contribution >= 0.6 is 0 Å². The van der Waals surface area contributed by atoms with Crippen LogP contribution in [0.2, 0.25) is 0 Å². The summed E-state index contributed by atoms with van der Waals surface area (Å²) in [5.74, 6) is 0. The summed E-state index contributed by atoms with van der Waals surface area (Å²) in [5, 5.41) is 0. The van der Waals surface area contributed by atoms with Gasteiger partial charge >= 0.3 is 16.8 Å². The van der Waals surface area contributed by atoms with Crippen molar-refractivity contribution in [1.82, 2.24) is 0 Å². The fourth-order valence-electron chi connectivity index (χ4n) is 0. The predicted octanol–water partition coefficient (Wildman–Crippen LogP) is -2.01. The van der Waals surface area contributed by atoms with Crippen LogP contribution in [0.15, 0.2) is 0 Å². The van der Waals surface area contributed by atoms with Crippen LogP contribution < -0.4 is 0 Å². The van der Waals surface area contributed by atoms with E-state index in [1.807, 2.05) is 0 Å². The van der Waals surface area contributed by atoms with Crippen LogP contribution in [0, 0.1) is 0 Å². The zero-order valence-electron chi connectivity index (χ0n) is 2.64. The zero-order chi connectivity index (χ0) is 0. The molecule has 0 saturated carbocycles. The summed E-state index contributed by atoms with van der Waals surface area (Å²) in [7, 11) is 0. The monoisotopic (exact) mass is 313 g/mol. The number of hydrogen-bond donors (Lipinski definition) is 0. The van der Waals surface area contributed by atoms with E-state index in [4.69, 9.17) is 0 Å². The van der Waals surface area contributed by atoms with E-state index in [-0.39, 0.29) is 59.7 Å². The molecule has 0 bridgehead atoms. The van der Waals surface area contributed by atoms with Gasteiger partial charge in [-0.2, -0.15) is 0 Å². The summed E-state index contributed by atoms with van der Waals surface area (Å²) in [4.78, 5) is 0. The minimum Gasteiger partial charge on any atom is -0.870 e. The maximum absolute atomic E-state index is 0. The first-order valence-corrected chi connectivity index (χ1v) is 0. The molecule has 0 rings (SSSR count). The summed E-state index contributed by atoms with van der Waals surface area (Å²) in [6, 6.07) is 0. The molecule has 0 aromatic rings. The molecule has 0 aromatic carbocycles. The molecule has 6 heavy (non-hydrogen) atoms. The van der Waals surface area contributed by atoms with Gasteiger partial charge in [-0.05, 0) is 0 Å².